The molecule has 0 radical (unpaired) electrons. The molecule has 7 rings (SSSR count). The summed E-state index contributed by atoms with van der Waals surface area (Å²) in [5, 5.41) is 0. The molecule has 44 heavy (non-hydrogen) atoms. The lowest BCUT2D eigenvalue weighted by atomic mass is 9.96. The standard InChI is InChI=1S/C38H35N5O/c1-25-16-17-40-37(20-25)42-18-8-12-29-14-15-30(22-35(29)42)44-31-21-34(39-4)32-13-9-19-43(36(32)23-31)38-27(3)26(2)33(24-41-38)28-10-6-5-7-11-28/h5-7,10-11,14-17,20-24H,8-9,12-13,18-19H2,1-3H3/i5D,6D,7D,10D,11D. The molecule has 0 spiro atoms. The summed E-state index contributed by atoms with van der Waals surface area (Å²) in [4.78, 5) is 17.7. The molecule has 6 nitrogen and oxygen atoms in total. The third-order valence-electron chi connectivity index (χ3n) is 8.63. The average molecular weight is 583 g/mol. The lowest BCUT2D eigenvalue weighted by Gasteiger charge is -2.33. The predicted octanol–water partition coefficient (Wildman–Crippen LogP) is 9.58. The second-order valence-corrected chi connectivity index (χ2v) is 11.4. The van der Waals surface area contributed by atoms with Crippen LogP contribution in [-0.2, 0) is 12.8 Å². The van der Waals surface area contributed by atoms with Gasteiger partial charge >= 0.3 is 0 Å². The van der Waals surface area contributed by atoms with E-state index in [0.29, 0.717) is 35.1 Å². The Kier molecular flexibility index (Phi) is 5.85. The van der Waals surface area contributed by atoms with E-state index in [1.165, 1.54) is 5.56 Å². The fraction of sp³-hybridized carbons (Fsp3) is 0.237. The van der Waals surface area contributed by atoms with Crippen LogP contribution in [0.4, 0.5) is 28.7 Å². The Morgan fingerprint density at radius 3 is 2.45 bits per heavy atom. The van der Waals surface area contributed by atoms with Gasteiger partial charge in [-0.1, -0.05) is 36.3 Å². The highest BCUT2D eigenvalue weighted by molar-refractivity contribution is 5.79. The van der Waals surface area contributed by atoms with Crippen molar-refractivity contribution in [2.24, 2.45) is 0 Å². The van der Waals surface area contributed by atoms with Gasteiger partial charge in [0.05, 0.1) is 13.4 Å². The molecular weight excluding hydrogens is 542 g/mol. The van der Waals surface area contributed by atoms with Gasteiger partial charge in [0.25, 0.3) is 0 Å². The summed E-state index contributed by atoms with van der Waals surface area (Å²) in [6.45, 7) is 15.4. The van der Waals surface area contributed by atoms with Crippen LogP contribution in [0.2, 0.25) is 0 Å². The van der Waals surface area contributed by atoms with E-state index in [-0.39, 0.29) is 29.7 Å². The Hall–Kier alpha value is -5.15. The van der Waals surface area contributed by atoms with Crippen molar-refractivity contribution < 1.29 is 11.6 Å². The molecule has 0 fully saturated rings. The first-order valence-electron chi connectivity index (χ1n) is 17.4. The number of anilines is 4. The van der Waals surface area contributed by atoms with Gasteiger partial charge in [-0.15, -0.1) is 0 Å². The monoisotopic (exact) mass is 582 g/mol. The highest BCUT2D eigenvalue weighted by Crippen LogP contribution is 2.44. The maximum absolute atomic E-state index is 8.50. The van der Waals surface area contributed by atoms with E-state index < -0.39 is 6.04 Å². The second-order valence-electron chi connectivity index (χ2n) is 11.4. The fourth-order valence-corrected chi connectivity index (χ4v) is 6.28. The summed E-state index contributed by atoms with van der Waals surface area (Å²) in [5.41, 5.74) is 8.01. The molecule has 0 aliphatic carbocycles. The molecular formula is C38H35N5O. The van der Waals surface area contributed by atoms with Crippen molar-refractivity contribution >= 4 is 28.7 Å². The first-order chi connectivity index (χ1) is 23.6. The SMILES string of the molecule is [2H]c1c([2H])c([2H])c(-c2cnc(N3CCCc4c([N+]#[C-])cc(Oc5ccc6c(c5)N(c5cc(C)ccn5)CCC6)cc43)c(C)c2C)c([2H])c1[2H]. The van der Waals surface area contributed by atoms with Crippen molar-refractivity contribution in [2.45, 2.75) is 46.5 Å². The van der Waals surface area contributed by atoms with E-state index in [9.17, 15) is 0 Å². The Labute approximate surface area is 266 Å². The third kappa shape index (κ3) is 5.05. The van der Waals surface area contributed by atoms with E-state index in [0.717, 1.165) is 71.7 Å². The molecule has 6 heteroatoms. The molecule has 0 saturated carbocycles. The Balaban J connectivity index is 1.26. The largest absolute Gasteiger partial charge is 0.459 e. The van der Waals surface area contributed by atoms with Gasteiger partial charge in [-0.3, -0.25) is 0 Å². The number of fused-ring (bicyclic) bond motifs is 2. The number of ether oxygens (including phenoxy) is 1. The molecule has 4 heterocycles. The summed E-state index contributed by atoms with van der Waals surface area (Å²) in [6, 6.07) is 12.3. The van der Waals surface area contributed by atoms with Gasteiger partial charge in [-0.05, 0) is 104 Å². The molecule has 0 amide bonds. The molecule has 5 aromatic rings. The maximum Gasteiger partial charge on any atom is 0.196 e. The van der Waals surface area contributed by atoms with Crippen LogP contribution in [0.5, 0.6) is 11.5 Å². The van der Waals surface area contributed by atoms with Crippen molar-refractivity contribution in [1.82, 2.24) is 9.97 Å². The number of aryl methyl sites for hydroxylation is 2. The van der Waals surface area contributed by atoms with Gasteiger partial charge in [-0.25, -0.2) is 14.8 Å². The van der Waals surface area contributed by atoms with E-state index in [1.54, 1.807) is 6.20 Å². The van der Waals surface area contributed by atoms with Crippen LogP contribution in [0.3, 0.4) is 0 Å². The average Bonchev–Trinajstić information content (AvgIpc) is 3.11. The Morgan fingerprint density at radius 1 is 0.841 bits per heavy atom. The van der Waals surface area contributed by atoms with Gasteiger partial charge in [0, 0.05) is 54.6 Å². The van der Waals surface area contributed by atoms with E-state index >= 15 is 0 Å². The summed E-state index contributed by atoms with van der Waals surface area (Å²) in [6.07, 6.45) is 7.03. The Morgan fingerprint density at radius 2 is 1.64 bits per heavy atom. The number of nitrogens with zero attached hydrogens (tertiary/aromatic N) is 5. The zero-order chi connectivity index (χ0) is 34.6. The van der Waals surface area contributed by atoms with Crippen molar-refractivity contribution in [3.8, 4) is 22.6 Å². The number of aromatic nitrogens is 2. The molecule has 0 N–H and O–H groups in total. The Bertz CT molecular complexity index is 2170. The fourth-order valence-electron chi connectivity index (χ4n) is 6.28. The topological polar surface area (TPSA) is 45.9 Å². The van der Waals surface area contributed by atoms with Crippen molar-refractivity contribution in [3.05, 3.63) is 124 Å². The summed E-state index contributed by atoms with van der Waals surface area (Å²) in [5.74, 6) is 2.83. The molecule has 2 aromatic heterocycles. The minimum atomic E-state index is -0.424. The van der Waals surface area contributed by atoms with Crippen LogP contribution >= 0.6 is 0 Å². The lowest BCUT2D eigenvalue weighted by Crippen LogP contribution is -2.26. The third-order valence-corrected chi connectivity index (χ3v) is 8.63. The highest BCUT2D eigenvalue weighted by atomic mass is 16.5. The summed E-state index contributed by atoms with van der Waals surface area (Å²) >= 11 is 0. The summed E-state index contributed by atoms with van der Waals surface area (Å²) < 4.78 is 47.8. The van der Waals surface area contributed by atoms with Crippen LogP contribution in [0.15, 0.2) is 85.1 Å². The van der Waals surface area contributed by atoms with Crippen LogP contribution in [0.25, 0.3) is 16.0 Å². The molecule has 0 bridgehead atoms. The van der Waals surface area contributed by atoms with Crippen LogP contribution in [0.1, 0.15) is 47.5 Å². The minimum Gasteiger partial charge on any atom is -0.459 e. The first kappa shape index (κ1) is 22.4. The van der Waals surface area contributed by atoms with Gasteiger partial charge < -0.3 is 14.5 Å². The molecule has 0 saturated heterocycles. The molecule has 218 valence electrons. The van der Waals surface area contributed by atoms with Crippen LogP contribution in [0, 0.1) is 27.3 Å². The lowest BCUT2D eigenvalue weighted by molar-refractivity contribution is 0.482. The number of benzene rings is 3. The maximum atomic E-state index is 8.50. The molecule has 3 aromatic carbocycles. The second kappa shape index (κ2) is 11.5. The van der Waals surface area contributed by atoms with Crippen molar-refractivity contribution in [1.29, 1.82) is 0 Å². The van der Waals surface area contributed by atoms with Crippen LogP contribution < -0.4 is 14.5 Å². The van der Waals surface area contributed by atoms with Crippen molar-refractivity contribution in [3.63, 3.8) is 0 Å². The van der Waals surface area contributed by atoms with Gasteiger partial charge in [0.1, 0.15) is 23.1 Å². The van der Waals surface area contributed by atoms with Crippen molar-refractivity contribution in [2.75, 3.05) is 22.9 Å². The molecule has 2 aliphatic heterocycles. The van der Waals surface area contributed by atoms with Gasteiger partial charge in [-0.2, -0.15) is 0 Å². The first-order valence-corrected chi connectivity index (χ1v) is 14.9. The molecule has 2 aliphatic rings. The van der Waals surface area contributed by atoms with Gasteiger partial charge in [0.15, 0.2) is 5.69 Å². The molecule has 0 unspecified atom stereocenters. The normalized spacial score (nSPS) is 15.6. The zero-order valence-corrected chi connectivity index (χ0v) is 25.1. The number of pyridine rings is 2. The zero-order valence-electron chi connectivity index (χ0n) is 30.1. The minimum absolute atomic E-state index is 0.137. The predicted molar refractivity (Wildman–Crippen MR) is 178 cm³/mol. The number of rotatable bonds is 5. The van der Waals surface area contributed by atoms with E-state index in [2.05, 4.69) is 44.8 Å². The quantitative estimate of drug-likeness (QED) is 0.193. The molecule has 0 atom stereocenters. The van der Waals surface area contributed by atoms with Gasteiger partial charge in [0.2, 0.25) is 0 Å². The van der Waals surface area contributed by atoms with E-state index in [1.807, 2.05) is 44.3 Å². The van der Waals surface area contributed by atoms with E-state index in [4.69, 9.17) is 23.1 Å². The smallest absolute Gasteiger partial charge is 0.196 e. The highest BCUT2D eigenvalue weighted by Gasteiger charge is 2.26. The number of hydrogen-bond donors (Lipinski definition) is 0. The summed E-state index contributed by atoms with van der Waals surface area (Å²) in [7, 11) is 0. The van der Waals surface area contributed by atoms with Crippen LogP contribution in [-0.4, -0.2) is 23.1 Å². The number of hydrogen-bond acceptors (Lipinski definition) is 5.